The number of sulfonamides is 1. The van der Waals surface area contributed by atoms with Crippen molar-refractivity contribution in [2.75, 3.05) is 20.2 Å². The number of carbonyl (C=O) groups is 3. The second-order valence-corrected chi connectivity index (χ2v) is 12.2. The summed E-state index contributed by atoms with van der Waals surface area (Å²) in [6, 6.07) is 21.7. The van der Waals surface area contributed by atoms with E-state index in [1.54, 1.807) is 37.4 Å². The average molecular weight is 578 g/mol. The minimum atomic E-state index is -4.07. The van der Waals surface area contributed by atoms with Gasteiger partial charge in [0.15, 0.2) is 0 Å². The molecular formula is C31H35N3O6S. The summed E-state index contributed by atoms with van der Waals surface area (Å²) < 4.78 is 32.2. The number of benzene rings is 3. The molecule has 1 aliphatic heterocycles. The lowest BCUT2D eigenvalue weighted by atomic mass is 10.0. The second-order valence-electron chi connectivity index (χ2n) is 10.3. The van der Waals surface area contributed by atoms with Crippen LogP contribution in [0.15, 0.2) is 83.8 Å². The fraction of sp³-hybridized carbons (Fsp3) is 0.323. The molecule has 216 valence electrons. The topological polar surface area (TPSA) is 113 Å². The van der Waals surface area contributed by atoms with Crippen LogP contribution < -0.4 is 10.1 Å². The van der Waals surface area contributed by atoms with E-state index in [1.165, 1.54) is 17.0 Å². The van der Waals surface area contributed by atoms with Gasteiger partial charge in [-0.2, -0.15) is 0 Å². The fourth-order valence-corrected chi connectivity index (χ4v) is 6.31. The van der Waals surface area contributed by atoms with Gasteiger partial charge in [-0.15, -0.1) is 0 Å². The van der Waals surface area contributed by atoms with Crippen molar-refractivity contribution in [2.45, 2.75) is 44.2 Å². The Bertz CT molecular complexity index is 1510. The molecule has 3 aromatic carbocycles. The molecule has 0 spiro atoms. The van der Waals surface area contributed by atoms with Gasteiger partial charge in [0, 0.05) is 32.5 Å². The number of hydrogen-bond acceptors (Lipinski definition) is 6. The van der Waals surface area contributed by atoms with Crippen molar-refractivity contribution in [3.05, 3.63) is 95.6 Å². The zero-order valence-corrected chi connectivity index (χ0v) is 24.3. The monoisotopic (exact) mass is 577 g/mol. The van der Waals surface area contributed by atoms with Crippen LogP contribution >= 0.6 is 0 Å². The first-order valence-corrected chi connectivity index (χ1v) is 15.0. The van der Waals surface area contributed by atoms with Crippen LogP contribution in [0.3, 0.4) is 0 Å². The van der Waals surface area contributed by atoms with Gasteiger partial charge in [-0.3, -0.25) is 14.4 Å². The van der Waals surface area contributed by atoms with Crippen LogP contribution in [0.1, 0.15) is 41.8 Å². The summed E-state index contributed by atoms with van der Waals surface area (Å²) in [5.74, 6) is -0.621. The minimum Gasteiger partial charge on any atom is -0.497 e. The number of ether oxygens (including phenoxy) is 1. The van der Waals surface area contributed by atoms with E-state index >= 15 is 0 Å². The molecule has 9 nitrogen and oxygen atoms in total. The molecule has 4 rings (SSSR count). The van der Waals surface area contributed by atoms with Gasteiger partial charge in [0.25, 0.3) is 15.9 Å². The summed E-state index contributed by atoms with van der Waals surface area (Å²) >= 11 is 0. The number of fused-ring (bicyclic) bond motifs is 1. The highest BCUT2D eigenvalue weighted by molar-refractivity contribution is 7.90. The van der Waals surface area contributed by atoms with E-state index in [0.717, 1.165) is 15.4 Å². The molecule has 3 aromatic rings. The predicted molar refractivity (Wildman–Crippen MR) is 155 cm³/mol. The Morgan fingerprint density at radius 2 is 1.63 bits per heavy atom. The molecule has 0 unspecified atom stereocenters. The van der Waals surface area contributed by atoms with Gasteiger partial charge in [-0.1, -0.05) is 68.4 Å². The third kappa shape index (κ3) is 6.94. The maximum absolute atomic E-state index is 13.9. The van der Waals surface area contributed by atoms with Crippen molar-refractivity contribution in [1.82, 2.24) is 14.5 Å². The van der Waals surface area contributed by atoms with Crippen LogP contribution in [0, 0.1) is 5.92 Å². The van der Waals surface area contributed by atoms with E-state index in [4.69, 9.17) is 4.74 Å². The van der Waals surface area contributed by atoms with E-state index in [-0.39, 0.29) is 48.2 Å². The van der Waals surface area contributed by atoms with Gasteiger partial charge in [-0.05, 0) is 41.3 Å². The lowest BCUT2D eigenvalue weighted by Gasteiger charge is -2.32. The molecule has 10 heteroatoms. The molecule has 0 saturated carbocycles. The van der Waals surface area contributed by atoms with Crippen LogP contribution in [0.4, 0.5) is 0 Å². The Morgan fingerprint density at radius 1 is 0.951 bits per heavy atom. The van der Waals surface area contributed by atoms with Crippen LogP contribution in [0.2, 0.25) is 0 Å². The number of amides is 3. The minimum absolute atomic E-state index is 0.0688. The van der Waals surface area contributed by atoms with E-state index < -0.39 is 27.9 Å². The molecule has 0 aliphatic carbocycles. The number of methoxy groups -OCH3 is 1. The zero-order valence-electron chi connectivity index (χ0n) is 23.4. The van der Waals surface area contributed by atoms with E-state index in [9.17, 15) is 22.8 Å². The SMILES string of the molecule is COc1cccc(CN(C(=O)CCN2C(=O)c3ccccc3S2(=O)=O)[C@H](Cc2ccccc2)C(=O)NCC(C)C)c1. The Hall–Kier alpha value is -4.18. The summed E-state index contributed by atoms with van der Waals surface area (Å²) in [5.41, 5.74) is 1.70. The molecule has 1 atom stereocenters. The highest BCUT2D eigenvalue weighted by atomic mass is 32.2. The standard InChI is InChI=1S/C31H35N3O6S/c1-22(2)20-32-30(36)27(19-23-10-5-4-6-11-23)33(21-24-12-9-13-25(18-24)40-3)29(35)16-17-34-31(37)26-14-7-8-15-28(26)41(34,38)39/h4-15,18,22,27H,16-17,19-21H2,1-3H3,(H,32,36)/t27-/m1/s1. The van der Waals surface area contributed by atoms with E-state index in [2.05, 4.69) is 5.32 Å². The lowest BCUT2D eigenvalue weighted by Crippen LogP contribution is -2.51. The molecule has 1 N–H and O–H groups in total. The van der Waals surface area contributed by atoms with Gasteiger partial charge < -0.3 is 15.0 Å². The van der Waals surface area contributed by atoms with Crippen molar-refractivity contribution >= 4 is 27.7 Å². The van der Waals surface area contributed by atoms with Gasteiger partial charge in [0.05, 0.1) is 12.7 Å². The quantitative estimate of drug-likeness (QED) is 0.352. The van der Waals surface area contributed by atoms with Crippen LogP contribution in [0.25, 0.3) is 0 Å². The molecule has 0 saturated heterocycles. The van der Waals surface area contributed by atoms with E-state index in [1.807, 2.05) is 50.2 Å². The normalized spacial score (nSPS) is 14.4. The smallest absolute Gasteiger partial charge is 0.269 e. The highest BCUT2D eigenvalue weighted by Crippen LogP contribution is 2.30. The Morgan fingerprint density at radius 3 is 2.32 bits per heavy atom. The Balaban J connectivity index is 1.64. The highest BCUT2D eigenvalue weighted by Gasteiger charge is 2.41. The first-order valence-electron chi connectivity index (χ1n) is 13.5. The van der Waals surface area contributed by atoms with Crippen molar-refractivity contribution in [3.8, 4) is 5.75 Å². The Labute approximate surface area is 241 Å². The van der Waals surface area contributed by atoms with Crippen LogP contribution in [0.5, 0.6) is 5.75 Å². The molecule has 1 heterocycles. The van der Waals surface area contributed by atoms with Gasteiger partial charge in [0.1, 0.15) is 16.7 Å². The van der Waals surface area contributed by atoms with Crippen LogP contribution in [-0.4, -0.2) is 61.6 Å². The summed E-state index contributed by atoms with van der Waals surface area (Å²) in [6.45, 7) is 4.15. The zero-order chi connectivity index (χ0) is 29.6. The van der Waals surface area contributed by atoms with Gasteiger partial charge >= 0.3 is 0 Å². The number of nitrogens with zero attached hydrogens (tertiary/aromatic N) is 2. The largest absolute Gasteiger partial charge is 0.497 e. The number of rotatable bonds is 12. The first kappa shape index (κ1) is 29.8. The van der Waals surface area contributed by atoms with Crippen molar-refractivity contribution < 1.29 is 27.5 Å². The predicted octanol–water partition coefficient (Wildman–Crippen LogP) is 3.64. The fourth-order valence-electron chi connectivity index (χ4n) is 4.74. The maximum atomic E-state index is 13.9. The summed E-state index contributed by atoms with van der Waals surface area (Å²) in [4.78, 5) is 41.8. The lowest BCUT2D eigenvalue weighted by molar-refractivity contribution is -0.141. The number of carbonyl (C=O) groups excluding carboxylic acids is 3. The molecule has 0 bridgehead atoms. The molecule has 3 amide bonds. The molecular weight excluding hydrogens is 542 g/mol. The summed E-state index contributed by atoms with van der Waals surface area (Å²) in [5, 5.41) is 2.96. The van der Waals surface area contributed by atoms with Gasteiger partial charge in [0.2, 0.25) is 11.8 Å². The summed E-state index contributed by atoms with van der Waals surface area (Å²) in [7, 11) is -2.52. The number of hydrogen-bond donors (Lipinski definition) is 1. The summed E-state index contributed by atoms with van der Waals surface area (Å²) in [6.07, 6.45) is -0.0292. The van der Waals surface area contributed by atoms with Crippen molar-refractivity contribution in [3.63, 3.8) is 0 Å². The van der Waals surface area contributed by atoms with Crippen molar-refractivity contribution in [2.24, 2.45) is 5.92 Å². The molecule has 41 heavy (non-hydrogen) atoms. The second kappa shape index (κ2) is 13.0. The number of nitrogens with one attached hydrogen (secondary N) is 1. The first-order chi connectivity index (χ1) is 19.6. The Kier molecular flexibility index (Phi) is 9.44. The van der Waals surface area contributed by atoms with Crippen molar-refractivity contribution in [1.29, 1.82) is 0 Å². The average Bonchev–Trinajstić information content (AvgIpc) is 3.17. The molecule has 1 aliphatic rings. The maximum Gasteiger partial charge on any atom is 0.269 e. The molecule has 0 fully saturated rings. The molecule has 0 aromatic heterocycles. The van der Waals surface area contributed by atoms with Gasteiger partial charge in [-0.25, -0.2) is 12.7 Å². The van der Waals surface area contributed by atoms with E-state index in [0.29, 0.717) is 12.3 Å². The third-order valence-corrected chi connectivity index (χ3v) is 8.72. The van der Waals surface area contributed by atoms with Crippen LogP contribution in [-0.2, 0) is 32.6 Å². The molecule has 0 radical (unpaired) electrons. The third-order valence-electron chi connectivity index (χ3n) is 6.88.